The molecule has 2 heterocycles. The number of rotatable bonds is 4. The second-order valence-electron chi connectivity index (χ2n) is 3.92. The molecule has 0 fully saturated rings. The van der Waals surface area contributed by atoms with Crippen LogP contribution in [0.3, 0.4) is 0 Å². The summed E-state index contributed by atoms with van der Waals surface area (Å²) in [5.74, 6) is -0.816. The highest BCUT2D eigenvalue weighted by molar-refractivity contribution is 6.29. The second kappa shape index (κ2) is 9.54. The minimum atomic E-state index is -0.546. The van der Waals surface area contributed by atoms with Crippen LogP contribution >= 0.6 is 11.6 Å². The first-order valence-electron chi connectivity index (χ1n) is 6.64. The summed E-state index contributed by atoms with van der Waals surface area (Å²) in [5, 5.41) is 8.66. The van der Waals surface area contributed by atoms with E-state index in [0.29, 0.717) is 13.2 Å². The minimum absolute atomic E-state index is 0.0732. The summed E-state index contributed by atoms with van der Waals surface area (Å²) in [6.07, 6.45) is 2.01. The first kappa shape index (κ1) is 18.6. The smallest absolute Gasteiger partial charge is 0.183 e. The van der Waals surface area contributed by atoms with Gasteiger partial charge in [0.25, 0.3) is 0 Å². The predicted molar refractivity (Wildman–Crippen MR) is 80.5 cm³/mol. The lowest BCUT2D eigenvalue weighted by Gasteiger charge is -2.02. The van der Waals surface area contributed by atoms with Crippen LogP contribution < -0.4 is 9.47 Å². The Kier molecular flexibility index (Phi) is 7.71. The Bertz CT molecular complexity index is 693. The van der Waals surface area contributed by atoms with Crippen molar-refractivity contribution in [1.29, 1.82) is 5.26 Å². The average Bonchev–Trinajstić information content (AvgIpc) is 2.54. The molecule has 0 aliphatic rings. The van der Waals surface area contributed by atoms with Crippen LogP contribution in [0.1, 0.15) is 19.5 Å². The van der Waals surface area contributed by atoms with Gasteiger partial charge in [0.15, 0.2) is 23.1 Å². The van der Waals surface area contributed by atoms with Gasteiger partial charge in [0.2, 0.25) is 0 Å². The van der Waals surface area contributed by atoms with Gasteiger partial charge < -0.3 is 9.47 Å². The van der Waals surface area contributed by atoms with Crippen molar-refractivity contribution in [3.05, 3.63) is 47.0 Å². The molecule has 0 aliphatic carbocycles. The molecule has 0 saturated carbocycles. The Morgan fingerprint density at radius 1 is 1.04 bits per heavy atom. The zero-order valence-corrected chi connectivity index (χ0v) is 13.3. The van der Waals surface area contributed by atoms with Gasteiger partial charge in [-0.1, -0.05) is 11.6 Å². The van der Waals surface area contributed by atoms with Gasteiger partial charge in [-0.2, -0.15) is 5.26 Å². The fourth-order valence-electron chi connectivity index (χ4n) is 1.41. The SMILES string of the molecule is CCOc1cc(C#N)ncc1F.CCOc1cc(Cl)ncc1F. The molecule has 0 radical (unpaired) electrons. The molecule has 2 aromatic rings. The van der Waals surface area contributed by atoms with E-state index < -0.39 is 11.6 Å². The van der Waals surface area contributed by atoms with E-state index >= 15 is 0 Å². The molecule has 0 aliphatic heterocycles. The Balaban J connectivity index is 0.000000231. The predicted octanol–water partition coefficient (Wildman–Crippen LogP) is 3.76. The van der Waals surface area contributed by atoms with Gasteiger partial charge >= 0.3 is 0 Å². The van der Waals surface area contributed by atoms with Crippen LogP contribution in [0.5, 0.6) is 11.5 Å². The Hall–Kier alpha value is -2.46. The topological polar surface area (TPSA) is 68.0 Å². The molecule has 122 valence electrons. The lowest BCUT2D eigenvalue weighted by atomic mass is 10.3. The number of ether oxygens (including phenoxy) is 2. The number of hydrogen-bond acceptors (Lipinski definition) is 5. The van der Waals surface area contributed by atoms with Crippen LogP contribution in [-0.2, 0) is 0 Å². The highest BCUT2D eigenvalue weighted by Gasteiger charge is 2.04. The fraction of sp³-hybridized carbons (Fsp3) is 0.267. The lowest BCUT2D eigenvalue weighted by Crippen LogP contribution is -1.96. The van der Waals surface area contributed by atoms with E-state index in [1.54, 1.807) is 19.9 Å². The molecule has 23 heavy (non-hydrogen) atoms. The molecule has 5 nitrogen and oxygen atoms in total. The summed E-state index contributed by atoms with van der Waals surface area (Å²) in [4.78, 5) is 7.06. The molecule has 2 aromatic heterocycles. The highest BCUT2D eigenvalue weighted by atomic mass is 35.5. The molecule has 0 amide bonds. The van der Waals surface area contributed by atoms with Gasteiger partial charge in [0.05, 0.1) is 25.6 Å². The first-order valence-corrected chi connectivity index (χ1v) is 7.01. The van der Waals surface area contributed by atoms with Crippen molar-refractivity contribution >= 4 is 11.6 Å². The molecule has 8 heteroatoms. The highest BCUT2D eigenvalue weighted by Crippen LogP contribution is 2.19. The summed E-state index contributed by atoms with van der Waals surface area (Å²) in [6.45, 7) is 4.29. The number of hydrogen-bond donors (Lipinski definition) is 0. The summed E-state index contributed by atoms with van der Waals surface area (Å²) >= 11 is 5.49. The maximum Gasteiger partial charge on any atom is 0.183 e. The third-order valence-electron chi connectivity index (χ3n) is 2.32. The third kappa shape index (κ3) is 6.04. The van der Waals surface area contributed by atoms with E-state index in [0.717, 1.165) is 12.4 Å². The van der Waals surface area contributed by atoms with E-state index in [2.05, 4.69) is 9.97 Å². The number of aromatic nitrogens is 2. The average molecular weight is 342 g/mol. The summed E-state index contributed by atoms with van der Waals surface area (Å²) in [6, 6.07) is 4.42. The molecule has 0 aromatic carbocycles. The summed E-state index contributed by atoms with van der Waals surface area (Å²) < 4.78 is 35.3. The molecule has 0 atom stereocenters. The molecular formula is C15H14ClF2N3O2. The number of nitrogens with zero attached hydrogens (tertiary/aromatic N) is 3. The van der Waals surface area contributed by atoms with E-state index in [4.69, 9.17) is 26.3 Å². The first-order chi connectivity index (χ1) is 11.0. The monoisotopic (exact) mass is 341 g/mol. The van der Waals surface area contributed by atoms with Gasteiger partial charge in [-0.25, -0.2) is 18.7 Å². The minimum Gasteiger partial charge on any atom is -0.491 e. The van der Waals surface area contributed by atoms with Crippen molar-refractivity contribution in [3.63, 3.8) is 0 Å². The normalized spacial score (nSPS) is 9.39. The molecule has 0 bridgehead atoms. The van der Waals surface area contributed by atoms with Crippen LogP contribution in [0.2, 0.25) is 5.15 Å². The molecule has 0 saturated heterocycles. The quantitative estimate of drug-likeness (QED) is 0.792. The van der Waals surface area contributed by atoms with Crippen molar-refractivity contribution < 1.29 is 18.3 Å². The zero-order valence-electron chi connectivity index (χ0n) is 12.5. The molecule has 2 rings (SSSR count). The Labute approximate surface area is 137 Å². The maximum atomic E-state index is 12.8. The van der Waals surface area contributed by atoms with Crippen LogP contribution in [0.4, 0.5) is 8.78 Å². The number of pyridine rings is 2. The molecule has 0 unspecified atom stereocenters. The van der Waals surface area contributed by atoms with Gasteiger partial charge in [-0.3, -0.25) is 0 Å². The van der Waals surface area contributed by atoms with Gasteiger partial charge in [-0.15, -0.1) is 0 Å². The van der Waals surface area contributed by atoms with E-state index in [9.17, 15) is 8.78 Å². The van der Waals surface area contributed by atoms with E-state index in [1.807, 2.05) is 0 Å². The largest absolute Gasteiger partial charge is 0.491 e. The standard InChI is InChI=1S/C8H7FN2O.C7H7ClFNO/c1-2-12-8-3-6(4-10)11-5-7(8)9;1-2-11-6-3-7(8)10-4-5(6)9/h3,5H,2H2,1H3;3-4H,2H2,1H3. The molecule has 0 N–H and O–H groups in total. The zero-order chi connectivity index (χ0) is 17.2. The fourth-order valence-corrected chi connectivity index (χ4v) is 1.56. The van der Waals surface area contributed by atoms with Crippen LogP contribution in [0, 0.1) is 23.0 Å². The van der Waals surface area contributed by atoms with Crippen LogP contribution in [-0.4, -0.2) is 23.2 Å². The van der Waals surface area contributed by atoms with Crippen molar-refractivity contribution in [2.75, 3.05) is 13.2 Å². The van der Waals surface area contributed by atoms with Gasteiger partial charge in [0.1, 0.15) is 16.9 Å². The molecule has 0 spiro atoms. The number of halogens is 3. The van der Waals surface area contributed by atoms with Crippen molar-refractivity contribution in [3.8, 4) is 17.6 Å². The summed E-state index contributed by atoms with van der Waals surface area (Å²) in [7, 11) is 0. The lowest BCUT2D eigenvalue weighted by molar-refractivity contribution is 0.320. The van der Waals surface area contributed by atoms with Crippen LogP contribution in [0.15, 0.2) is 24.5 Å². The van der Waals surface area contributed by atoms with Crippen molar-refractivity contribution in [2.45, 2.75) is 13.8 Å². The van der Waals surface area contributed by atoms with Crippen LogP contribution in [0.25, 0.3) is 0 Å². The van der Waals surface area contributed by atoms with Gasteiger partial charge in [0, 0.05) is 12.1 Å². The van der Waals surface area contributed by atoms with Gasteiger partial charge in [-0.05, 0) is 13.8 Å². The number of nitriles is 1. The third-order valence-corrected chi connectivity index (χ3v) is 2.53. The van der Waals surface area contributed by atoms with Crippen molar-refractivity contribution in [1.82, 2.24) is 9.97 Å². The Morgan fingerprint density at radius 3 is 2.09 bits per heavy atom. The second-order valence-corrected chi connectivity index (χ2v) is 4.30. The van der Waals surface area contributed by atoms with E-state index in [1.165, 1.54) is 12.1 Å². The maximum absolute atomic E-state index is 12.8. The van der Waals surface area contributed by atoms with E-state index in [-0.39, 0.29) is 22.3 Å². The molecular weight excluding hydrogens is 328 g/mol. The van der Waals surface area contributed by atoms with Crippen molar-refractivity contribution in [2.24, 2.45) is 0 Å². The Morgan fingerprint density at radius 2 is 1.57 bits per heavy atom. The summed E-state index contributed by atoms with van der Waals surface area (Å²) in [5.41, 5.74) is 0.153.